The molecule has 2 rings (SSSR count). The van der Waals surface area contributed by atoms with E-state index in [1.165, 1.54) is 29.6 Å². The van der Waals surface area contributed by atoms with Crippen LogP contribution >= 0.6 is 0 Å². The van der Waals surface area contributed by atoms with Gasteiger partial charge in [0, 0.05) is 19.6 Å². The first kappa shape index (κ1) is 26.6. The predicted molar refractivity (Wildman–Crippen MR) is 121 cm³/mol. The Bertz CT molecular complexity index is 939. The predicted octanol–water partition coefficient (Wildman–Crippen LogP) is 2.29. The number of amides is 3. The molecule has 0 aliphatic carbocycles. The zero-order chi connectivity index (χ0) is 24.4. The van der Waals surface area contributed by atoms with Crippen LogP contribution in [-0.4, -0.2) is 64.0 Å². The van der Waals surface area contributed by atoms with Crippen molar-refractivity contribution in [3.05, 3.63) is 23.8 Å². The first-order valence-corrected chi connectivity index (χ1v) is 12.5. The summed E-state index contributed by atoms with van der Waals surface area (Å²) in [5.41, 5.74) is -0.0432. The van der Waals surface area contributed by atoms with Gasteiger partial charge in [-0.1, -0.05) is 26.7 Å². The Hall–Kier alpha value is -2.66. The molecule has 1 saturated heterocycles. The quantitative estimate of drug-likeness (QED) is 0.515. The molecule has 0 spiro atoms. The van der Waals surface area contributed by atoms with E-state index >= 15 is 0 Å². The second kappa shape index (κ2) is 12.5. The molecule has 11 heteroatoms. The topological polar surface area (TPSA) is 131 Å². The van der Waals surface area contributed by atoms with E-state index in [9.17, 15) is 22.8 Å². The zero-order valence-electron chi connectivity index (χ0n) is 19.4. The number of urea groups is 1. The molecule has 0 bridgehead atoms. The number of nitrogens with zero attached hydrogens (tertiary/aromatic N) is 1. The third-order valence-electron chi connectivity index (χ3n) is 5.18. The van der Waals surface area contributed by atoms with Crippen molar-refractivity contribution in [2.45, 2.75) is 50.8 Å². The number of ether oxygens (including phenoxy) is 2. The summed E-state index contributed by atoms with van der Waals surface area (Å²) in [6.07, 6.45) is 4.23. The molecule has 1 aromatic rings. The van der Waals surface area contributed by atoms with Gasteiger partial charge in [-0.2, -0.15) is 4.31 Å². The molecule has 0 radical (unpaired) electrons. The number of benzene rings is 1. The van der Waals surface area contributed by atoms with Crippen LogP contribution < -0.4 is 15.4 Å². The molecule has 184 valence electrons. The minimum Gasteiger partial charge on any atom is -0.495 e. The van der Waals surface area contributed by atoms with E-state index in [0.29, 0.717) is 25.6 Å². The molecule has 0 unspecified atom stereocenters. The Morgan fingerprint density at radius 1 is 1.09 bits per heavy atom. The zero-order valence-corrected chi connectivity index (χ0v) is 20.2. The van der Waals surface area contributed by atoms with Crippen LogP contribution in [0.4, 0.5) is 4.79 Å². The van der Waals surface area contributed by atoms with Gasteiger partial charge in [0.25, 0.3) is 5.91 Å². The Kier molecular flexibility index (Phi) is 10.1. The van der Waals surface area contributed by atoms with Crippen LogP contribution in [-0.2, 0) is 19.6 Å². The molecule has 33 heavy (non-hydrogen) atoms. The number of hydrogen-bond acceptors (Lipinski definition) is 7. The first-order valence-electron chi connectivity index (χ1n) is 11.1. The number of nitrogens with one attached hydrogen (secondary N) is 2. The highest BCUT2D eigenvalue weighted by atomic mass is 32.2. The second-order valence-corrected chi connectivity index (χ2v) is 10.2. The Labute approximate surface area is 195 Å². The van der Waals surface area contributed by atoms with Crippen molar-refractivity contribution in [3.63, 3.8) is 0 Å². The molecule has 1 fully saturated rings. The summed E-state index contributed by atoms with van der Waals surface area (Å²) in [6, 6.07) is 3.26. The third-order valence-corrected chi connectivity index (χ3v) is 7.10. The van der Waals surface area contributed by atoms with Crippen molar-refractivity contribution >= 4 is 27.9 Å². The van der Waals surface area contributed by atoms with E-state index in [0.717, 1.165) is 32.1 Å². The van der Waals surface area contributed by atoms with E-state index in [-0.39, 0.29) is 16.2 Å². The summed E-state index contributed by atoms with van der Waals surface area (Å²) in [5, 5.41) is 4.61. The summed E-state index contributed by atoms with van der Waals surface area (Å²) in [6.45, 7) is 4.55. The van der Waals surface area contributed by atoms with Gasteiger partial charge in [0.2, 0.25) is 10.0 Å². The molecule has 1 aliphatic heterocycles. The minimum absolute atomic E-state index is 0.0432. The number of esters is 1. The number of hydrogen-bond donors (Lipinski definition) is 2. The summed E-state index contributed by atoms with van der Waals surface area (Å²) < 4.78 is 38.0. The minimum atomic E-state index is -3.88. The normalized spacial score (nSPS) is 14.9. The van der Waals surface area contributed by atoms with Crippen molar-refractivity contribution in [3.8, 4) is 5.75 Å². The number of sulfonamides is 1. The van der Waals surface area contributed by atoms with Crippen molar-refractivity contribution in [1.82, 2.24) is 14.9 Å². The van der Waals surface area contributed by atoms with Crippen LogP contribution in [0.25, 0.3) is 0 Å². The lowest BCUT2D eigenvalue weighted by Gasteiger charge is -2.21. The maximum atomic E-state index is 13.2. The van der Waals surface area contributed by atoms with Gasteiger partial charge < -0.3 is 14.8 Å². The van der Waals surface area contributed by atoms with Crippen molar-refractivity contribution in [2.75, 3.05) is 33.4 Å². The van der Waals surface area contributed by atoms with Crippen LogP contribution in [0, 0.1) is 5.92 Å². The second-order valence-electron chi connectivity index (χ2n) is 8.25. The van der Waals surface area contributed by atoms with Crippen molar-refractivity contribution in [1.29, 1.82) is 0 Å². The lowest BCUT2D eigenvalue weighted by Crippen LogP contribution is -2.42. The van der Waals surface area contributed by atoms with Gasteiger partial charge in [-0.3, -0.25) is 10.1 Å². The number of methoxy groups -OCH3 is 1. The van der Waals surface area contributed by atoms with Crippen molar-refractivity contribution in [2.24, 2.45) is 5.92 Å². The molecule has 0 aromatic heterocycles. The number of carbonyl (C=O) groups is 3. The third kappa shape index (κ3) is 8.01. The largest absolute Gasteiger partial charge is 0.495 e. The van der Waals surface area contributed by atoms with Crippen LogP contribution in [0.2, 0.25) is 0 Å². The van der Waals surface area contributed by atoms with Gasteiger partial charge in [-0.05, 0) is 43.4 Å². The fraction of sp³-hybridized carbons (Fsp3) is 0.591. The maximum absolute atomic E-state index is 13.2. The van der Waals surface area contributed by atoms with Crippen molar-refractivity contribution < 1.29 is 32.3 Å². The molecule has 1 heterocycles. The van der Waals surface area contributed by atoms with E-state index in [2.05, 4.69) is 10.6 Å². The standard InChI is InChI=1S/C22H33N3O7S/c1-16(2)10-11-23-22(28)24-20(26)15-32-21(27)17-8-9-18(31-3)19(14-17)33(29,30)25-12-6-4-5-7-13-25/h8-9,14,16H,4-7,10-13,15H2,1-3H3,(H2,23,24,26,28). The smallest absolute Gasteiger partial charge is 0.338 e. The van der Waals surface area contributed by atoms with Gasteiger partial charge in [0.15, 0.2) is 6.61 Å². The number of carbonyl (C=O) groups excluding carboxylic acids is 3. The van der Waals surface area contributed by atoms with Crippen LogP contribution in [0.15, 0.2) is 23.1 Å². The van der Waals surface area contributed by atoms with Gasteiger partial charge in [-0.15, -0.1) is 0 Å². The molecule has 1 aromatic carbocycles. The Morgan fingerprint density at radius 2 is 1.76 bits per heavy atom. The van der Waals surface area contributed by atoms with Crippen LogP contribution in [0.3, 0.4) is 0 Å². The fourth-order valence-corrected chi connectivity index (χ4v) is 5.02. The fourth-order valence-electron chi connectivity index (χ4n) is 3.32. The molecule has 0 atom stereocenters. The van der Waals surface area contributed by atoms with E-state index in [1.807, 2.05) is 13.8 Å². The number of imide groups is 1. The summed E-state index contributed by atoms with van der Waals surface area (Å²) in [5.74, 6) is -1.16. The SMILES string of the molecule is COc1ccc(C(=O)OCC(=O)NC(=O)NCCC(C)C)cc1S(=O)(=O)N1CCCCCC1. The van der Waals surface area contributed by atoms with Gasteiger partial charge in [0.05, 0.1) is 12.7 Å². The Morgan fingerprint density at radius 3 is 2.36 bits per heavy atom. The monoisotopic (exact) mass is 483 g/mol. The molecular weight excluding hydrogens is 450 g/mol. The summed E-state index contributed by atoms with van der Waals surface area (Å²) in [7, 11) is -2.53. The highest BCUT2D eigenvalue weighted by Gasteiger charge is 2.29. The molecule has 3 amide bonds. The number of rotatable bonds is 9. The highest BCUT2D eigenvalue weighted by molar-refractivity contribution is 7.89. The van der Waals surface area contributed by atoms with Gasteiger partial charge in [0.1, 0.15) is 10.6 Å². The average molecular weight is 484 g/mol. The van der Waals surface area contributed by atoms with Gasteiger partial charge >= 0.3 is 12.0 Å². The summed E-state index contributed by atoms with van der Waals surface area (Å²) in [4.78, 5) is 35.9. The maximum Gasteiger partial charge on any atom is 0.338 e. The summed E-state index contributed by atoms with van der Waals surface area (Å²) >= 11 is 0. The molecule has 0 saturated carbocycles. The van der Waals surface area contributed by atoms with Gasteiger partial charge in [-0.25, -0.2) is 18.0 Å². The van der Waals surface area contributed by atoms with Crippen LogP contribution in [0.5, 0.6) is 5.75 Å². The highest BCUT2D eigenvalue weighted by Crippen LogP contribution is 2.29. The lowest BCUT2D eigenvalue weighted by molar-refractivity contribution is -0.123. The molecule has 1 aliphatic rings. The van der Waals surface area contributed by atoms with E-state index in [1.54, 1.807) is 0 Å². The average Bonchev–Trinajstić information content (AvgIpc) is 3.07. The van der Waals surface area contributed by atoms with Crippen LogP contribution in [0.1, 0.15) is 56.3 Å². The van der Waals surface area contributed by atoms with E-state index in [4.69, 9.17) is 9.47 Å². The first-order chi connectivity index (χ1) is 15.6. The molecular formula is C22H33N3O7S. The lowest BCUT2D eigenvalue weighted by atomic mass is 10.1. The van der Waals surface area contributed by atoms with E-state index < -0.39 is 34.5 Å². The Balaban J connectivity index is 2.03. The molecule has 2 N–H and O–H groups in total. The molecule has 10 nitrogen and oxygen atoms in total.